The van der Waals surface area contributed by atoms with E-state index in [-0.39, 0.29) is 19.1 Å². The molecule has 0 unspecified atom stereocenters. The number of likely N-dealkylation sites (N-methyl/N-ethyl adjacent to an activating group) is 1. The molecule has 154 valence electrons. The van der Waals surface area contributed by atoms with Crippen LogP contribution in [0, 0.1) is 6.92 Å². The number of aryl methyl sites for hydroxylation is 1. The number of carbonyl (C=O) groups excluding carboxylic acids is 3. The first-order valence-electron chi connectivity index (χ1n) is 9.89. The van der Waals surface area contributed by atoms with Gasteiger partial charge in [-0.05, 0) is 31.5 Å². The van der Waals surface area contributed by atoms with E-state index in [1.54, 1.807) is 4.90 Å². The number of para-hydroxylation sites is 1. The molecule has 4 rings (SSSR count). The Kier molecular flexibility index (Phi) is 5.27. The molecule has 0 radical (unpaired) electrons. The molecule has 0 bridgehead atoms. The second-order valence-electron chi connectivity index (χ2n) is 7.29. The van der Waals surface area contributed by atoms with Gasteiger partial charge in [0.2, 0.25) is 5.91 Å². The van der Waals surface area contributed by atoms with Crippen LogP contribution in [0.25, 0.3) is 0 Å². The lowest BCUT2D eigenvalue weighted by Gasteiger charge is -2.33. The third kappa shape index (κ3) is 3.54. The Hall–Kier alpha value is -3.61. The second kappa shape index (κ2) is 8.02. The molecule has 0 fully saturated rings. The Bertz CT molecular complexity index is 1010. The molecule has 1 N–H and O–H groups in total. The average molecular weight is 405 g/mol. The van der Waals surface area contributed by atoms with Crippen LogP contribution in [0.4, 0.5) is 10.5 Å². The number of anilines is 1. The number of nitrogens with zero attached hydrogens (tertiary/aromatic N) is 2. The van der Waals surface area contributed by atoms with Crippen LogP contribution in [0.2, 0.25) is 0 Å². The van der Waals surface area contributed by atoms with Crippen molar-refractivity contribution in [2.24, 2.45) is 0 Å². The van der Waals surface area contributed by atoms with E-state index >= 15 is 0 Å². The van der Waals surface area contributed by atoms with Crippen molar-refractivity contribution in [3.8, 4) is 0 Å². The highest BCUT2D eigenvalue weighted by molar-refractivity contribution is 6.00. The maximum absolute atomic E-state index is 13.0. The highest BCUT2D eigenvalue weighted by atomic mass is 16.5. The van der Waals surface area contributed by atoms with Crippen LogP contribution in [-0.2, 0) is 14.3 Å². The summed E-state index contributed by atoms with van der Waals surface area (Å²) in [6.07, 6.45) is 0. The first-order chi connectivity index (χ1) is 14.5. The van der Waals surface area contributed by atoms with Gasteiger partial charge in [-0.15, -0.1) is 0 Å². The van der Waals surface area contributed by atoms with Crippen LogP contribution >= 0.6 is 0 Å². The summed E-state index contributed by atoms with van der Waals surface area (Å²) in [5, 5.41) is 2.86. The van der Waals surface area contributed by atoms with Gasteiger partial charge in [-0.1, -0.05) is 48.0 Å². The zero-order valence-electron chi connectivity index (χ0n) is 16.9. The molecule has 30 heavy (non-hydrogen) atoms. The van der Waals surface area contributed by atoms with Crippen molar-refractivity contribution in [2.75, 3.05) is 24.6 Å². The largest absolute Gasteiger partial charge is 0.456 e. The number of nitrogens with one attached hydrogen (secondary N) is 1. The van der Waals surface area contributed by atoms with E-state index < -0.39 is 18.0 Å². The third-order valence-corrected chi connectivity index (χ3v) is 5.39. The van der Waals surface area contributed by atoms with E-state index in [9.17, 15) is 14.4 Å². The third-order valence-electron chi connectivity index (χ3n) is 5.39. The number of cyclic esters (lactones) is 1. The minimum atomic E-state index is -0.592. The summed E-state index contributed by atoms with van der Waals surface area (Å²) >= 11 is 0. The SMILES string of the molecule is CCN(C(=O)CN1C(=O)N[C@H](c2ccc(C)cc2)C2=C1COC2=O)c1ccccc1. The van der Waals surface area contributed by atoms with Gasteiger partial charge >= 0.3 is 12.0 Å². The Labute approximate surface area is 174 Å². The van der Waals surface area contributed by atoms with Gasteiger partial charge in [-0.3, -0.25) is 9.69 Å². The number of amides is 3. The van der Waals surface area contributed by atoms with Gasteiger partial charge in [0, 0.05) is 12.2 Å². The Balaban J connectivity index is 1.63. The van der Waals surface area contributed by atoms with Gasteiger partial charge in [0.25, 0.3) is 0 Å². The van der Waals surface area contributed by atoms with Gasteiger partial charge in [0.15, 0.2) is 0 Å². The molecule has 2 aromatic rings. The minimum absolute atomic E-state index is 0.0192. The second-order valence-corrected chi connectivity index (χ2v) is 7.29. The standard InChI is InChI=1S/C23H23N3O4/c1-3-25(17-7-5-4-6-8-17)19(27)13-26-18-14-30-22(28)20(18)21(24-23(26)29)16-11-9-15(2)10-12-16/h4-12,21H,3,13-14H2,1-2H3,(H,24,29)/t21-/m1/s1. The van der Waals surface area contributed by atoms with Gasteiger partial charge in [-0.2, -0.15) is 0 Å². The fourth-order valence-electron chi connectivity index (χ4n) is 3.82. The number of hydrogen-bond donors (Lipinski definition) is 1. The fraction of sp³-hybridized carbons (Fsp3) is 0.261. The molecule has 0 aliphatic carbocycles. The zero-order chi connectivity index (χ0) is 21.3. The quantitative estimate of drug-likeness (QED) is 0.776. The molecule has 0 saturated carbocycles. The lowest BCUT2D eigenvalue weighted by Crippen LogP contribution is -2.51. The first kappa shape index (κ1) is 19.7. The molecule has 0 saturated heterocycles. The number of carbonyl (C=O) groups is 3. The summed E-state index contributed by atoms with van der Waals surface area (Å²) in [6, 6.07) is 15.9. The lowest BCUT2D eigenvalue weighted by molar-refractivity contribution is -0.136. The highest BCUT2D eigenvalue weighted by Gasteiger charge is 2.43. The molecule has 2 aliphatic rings. The summed E-state index contributed by atoms with van der Waals surface area (Å²) in [5.74, 6) is -0.706. The summed E-state index contributed by atoms with van der Waals surface area (Å²) < 4.78 is 5.24. The number of hydrogen-bond acceptors (Lipinski definition) is 4. The van der Waals surface area contributed by atoms with E-state index in [0.717, 1.165) is 16.8 Å². The van der Waals surface area contributed by atoms with Crippen LogP contribution in [0.5, 0.6) is 0 Å². The van der Waals surface area contributed by atoms with Crippen molar-refractivity contribution in [3.63, 3.8) is 0 Å². The maximum atomic E-state index is 13.0. The Morgan fingerprint density at radius 2 is 1.83 bits per heavy atom. The van der Waals surface area contributed by atoms with Crippen LogP contribution in [0.3, 0.4) is 0 Å². The smallest absolute Gasteiger partial charge is 0.338 e. The van der Waals surface area contributed by atoms with Crippen LogP contribution in [0.15, 0.2) is 65.9 Å². The number of ether oxygens (including phenoxy) is 1. The molecule has 0 aromatic heterocycles. The van der Waals surface area contributed by atoms with Gasteiger partial charge in [-0.25, -0.2) is 9.59 Å². The van der Waals surface area contributed by atoms with E-state index in [1.165, 1.54) is 4.90 Å². The van der Waals surface area contributed by atoms with Crippen molar-refractivity contribution >= 4 is 23.6 Å². The molecule has 0 spiro atoms. The van der Waals surface area contributed by atoms with Gasteiger partial charge in [0.05, 0.1) is 17.3 Å². The molecule has 7 nitrogen and oxygen atoms in total. The zero-order valence-corrected chi connectivity index (χ0v) is 16.9. The maximum Gasteiger partial charge on any atom is 0.338 e. The van der Waals surface area contributed by atoms with Gasteiger partial charge in [0.1, 0.15) is 13.2 Å². The minimum Gasteiger partial charge on any atom is -0.456 e. The molecule has 2 heterocycles. The van der Waals surface area contributed by atoms with Crippen molar-refractivity contribution in [3.05, 3.63) is 77.0 Å². The predicted molar refractivity (Wildman–Crippen MR) is 112 cm³/mol. The number of benzene rings is 2. The predicted octanol–water partition coefficient (Wildman–Crippen LogP) is 2.93. The van der Waals surface area contributed by atoms with Crippen LogP contribution in [0.1, 0.15) is 24.1 Å². The Morgan fingerprint density at radius 3 is 2.50 bits per heavy atom. The number of rotatable bonds is 5. The first-order valence-corrected chi connectivity index (χ1v) is 9.89. The van der Waals surface area contributed by atoms with Crippen molar-refractivity contribution < 1.29 is 19.1 Å². The van der Waals surface area contributed by atoms with Crippen molar-refractivity contribution in [1.82, 2.24) is 10.2 Å². The molecule has 2 aromatic carbocycles. The normalized spacial score (nSPS) is 18.1. The van der Waals surface area contributed by atoms with Crippen LogP contribution in [-0.4, -0.2) is 42.5 Å². The number of urea groups is 1. The summed E-state index contributed by atoms with van der Waals surface area (Å²) in [7, 11) is 0. The van der Waals surface area contributed by atoms with Gasteiger partial charge < -0.3 is 15.0 Å². The topological polar surface area (TPSA) is 79.0 Å². The molecular weight excluding hydrogens is 382 g/mol. The summed E-state index contributed by atoms with van der Waals surface area (Å²) in [6.45, 7) is 4.11. The highest BCUT2D eigenvalue weighted by Crippen LogP contribution is 2.35. The number of esters is 1. The monoisotopic (exact) mass is 405 g/mol. The van der Waals surface area contributed by atoms with E-state index in [4.69, 9.17) is 4.74 Å². The van der Waals surface area contributed by atoms with E-state index in [0.29, 0.717) is 17.8 Å². The van der Waals surface area contributed by atoms with E-state index in [1.807, 2.05) is 68.4 Å². The average Bonchev–Trinajstić information content (AvgIpc) is 3.13. The van der Waals surface area contributed by atoms with Crippen molar-refractivity contribution in [1.29, 1.82) is 0 Å². The molecule has 3 amide bonds. The molecule has 1 atom stereocenters. The molecule has 2 aliphatic heterocycles. The molecular formula is C23H23N3O4. The Morgan fingerprint density at radius 1 is 1.13 bits per heavy atom. The van der Waals surface area contributed by atoms with E-state index in [2.05, 4.69) is 5.32 Å². The lowest BCUT2D eigenvalue weighted by atomic mass is 9.95. The van der Waals surface area contributed by atoms with Crippen molar-refractivity contribution in [2.45, 2.75) is 19.9 Å². The summed E-state index contributed by atoms with van der Waals surface area (Å²) in [5.41, 5.74) is 3.47. The summed E-state index contributed by atoms with van der Waals surface area (Å²) in [4.78, 5) is 41.3. The van der Waals surface area contributed by atoms with Crippen LogP contribution < -0.4 is 10.2 Å². The fourth-order valence-corrected chi connectivity index (χ4v) is 3.82. The molecule has 7 heteroatoms.